The first-order valence-corrected chi connectivity index (χ1v) is 6.86. The number of aromatic nitrogens is 1. The lowest BCUT2D eigenvalue weighted by molar-refractivity contribution is 0.548. The highest BCUT2D eigenvalue weighted by molar-refractivity contribution is 6.31. The van der Waals surface area contributed by atoms with Crippen molar-refractivity contribution in [2.45, 2.75) is 19.4 Å². The summed E-state index contributed by atoms with van der Waals surface area (Å²) in [6.07, 6.45) is 4.04. The first-order chi connectivity index (χ1) is 9.61. The highest BCUT2D eigenvalue weighted by Gasteiger charge is 2.16. The third-order valence-corrected chi connectivity index (χ3v) is 3.50. The van der Waals surface area contributed by atoms with Crippen molar-refractivity contribution in [3.63, 3.8) is 0 Å². The second-order valence-corrected chi connectivity index (χ2v) is 4.96. The predicted octanol–water partition coefficient (Wildman–Crippen LogP) is 3.35. The van der Waals surface area contributed by atoms with Gasteiger partial charge in [-0.25, -0.2) is 4.39 Å². The number of likely N-dealkylation sites (N-methyl/N-ethyl adjacent to an activating group) is 1. The van der Waals surface area contributed by atoms with E-state index in [0.29, 0.717) is 17.1 Å². The molecule has 0 spiro atoms. The quantitative estimate of drug-likeness (QED) is 0.889. The van der Waals surface area contributed by atoms with Gasteiger partial charge in [-0.1, -0.05) is 24.6 Å². The second-order valence-electron chi connectivity index (χ2n) is 4.55. The molecule has 2 aromatic rings. The summed E-state index contributed by atoms with van der Waals surface area (Å²) in [7, 11) is 0. The molecule has 0 fully saturated rings. The fraction of sp³-hybridized carbons (Fsp3) is 0.267. The number of hydrogen-bond acceptors (Lipinski definition) is 3. The van der Waals surface area contributed by atoms with Gasteiger partial charge in [0.2, 0.25) is 0 Å². The summed E-state index contributed by atoms with van der Waals surface area (Å²) < 4.78 is 13.1. The molecule has 0 bridgehead atoms. The van der Waals surface area contributed by atoms with Crippen molar-refractivity contribution < 1.29 is 4.39 Å². The van der Waals surface area contributed by atoms with E-state index < -0.39 is 0 Å². The summed E-state index contributed by atoms with van der Waals surface area (Å²) in [5.74, 6) is -0.334. The van der Waals surface area contributed by atoms with E-state index in [4.69, 9.17) is 17.3 Å². The van der Waals surface area contributed by atoms with E-state index in [2.05, 4.69) is 10.3 Å². The molecule has 5 heteroatoms. The average molecular weight is 294 g/mol. The van der Waals surface area contributed by atoms with Gasteiger partial charge in [-0.2, -0.15) is 0 Å². The van der Waals surface area contributed by atoms with Crippen LogP contribution >= 0.6 is 11.6 Å². The monoisotopic (exact) mass is 293 g/mol. The van der Waals surface area contributed by atoms with Gasteiger partial charge in [-0.05, 0) is 36.7 Å². The minimum Gasteiger partial charge on any atom is -0.398 e. The van der Waals surface area contributed by atoms with E-state index in [-0.39, 0.29) is 11.9 Å². The SMILES string of the molecule is CCNC(Cc1ccc(F)cc1Cl)c1cnccc1N. The van der Waals surface area contributed by atoms with E-state index in [9.17, 15) is 4.39 Å². The van der Waals surface area contributed by atoms with Crippen molar-refractivity contribution in [1.82, 2.24) is 10.3 Å². The molecule has 1 aromatic carbocycles. The molecule has 1 heterocycles. The molecule has 1 aromatic heterocycles. The van der Waals surface area contributed by atoms with Crippen LogP contribution in [-0.2, 0) is 6.42 Å². The van der Waals surface area contributed by atoms with E-state index >= 15 is 0 Å². The van der Waals surface area contributed by atoms with Crippen LogP contribution in [-0.4, -0.2) is 11.5 Å². The standard InChI is InChI=1S/C15H17ClFN3/c1-2-20-15(12-9-19-6-5-14(12)18)7-10-3-4-11(17)8-13(10)16/h3-6,8-9,15,20H,2,7H2,1H3,(H2,18,19). The third-order valence-electron chi connectivity index (χ3n) is 3.15. The maximum absolute atomic E-state index is 13.1. The average Bonchev–Trinajstić information content (AvgIpc) is 2.42. The number of rotatable bonds is 5. The van der Waals surface area contributed by atoms with Crippen LogP contribution in [0.3, 0.4) is 0 Å². The molecule has 3 nitrogen and oxygen atoms in total. The van der Waals surface area contributed by atoms with Crippen LogP contribution in [0.25, 0.3) is 0 Å². The molecule has 0 saturated carbocycles. The molecule has 1 atom stereocenters. The summed E-state index contributed by atoms with van der Waals surface area (Å²) in [5.41, 5.74) is 8.48. The Morgan fingerprint density at radius 1 is 1.40 bits per heavy atom. The van der Waals surface area contributed by atoms with Crippen molar-refractivity contribution in [2.24, 2.45) is 0 Å². The Bertz CT molecular complexity index is 589. The molecule has 0 amide bonds. The Hall–Kier alpha value is -1.65. The fourth-order valence-corrected chi connectivity index (χ4v) is 2.40. The van der Waals surface area contributed by atoms with Crippen LogP contribution in [0.1, 0.15) is 24.1 Å². The maximum Gasteiger partial charge on any atom is 0.124 e. The fourth-order valence-electron chi connectivity index (χ4n) is 2.15. The van der Waals surface area contributed by atoms with Crippen LogP contribution in [0.15, 0.2) is 36.7 Å². The van der Waals surface area contributed by atoms with Gasteiger partial charge in [-0.3, -0.25) is 4.98 Å². The predicted molar refractivity (Wildman–Crippen MR) is 80.2 cm³/mol. The Kier molecular flexibility index (Phi) is 4.93. The lowest BCUT2D eigenvalue weighted by Gasteiger charge is -2.20. The first kappa shape index (κ1) is 14.8. The Labute approximate surface area is 123 Å². The molecule has 2 rings (SSSR count). The molecule has 106 valence electrons. The number of pyridine rings is 1. The van der Waals surface area contributed by atoms with E-state index in [1.165, 1.54) is 12.1 Å². The van der Waals surface area contributed by atoms with E-state index in [1.807, 2.05) is 6.92 Å². The molecule has 0 radical (unpaired) electrons. The number of nitrogens with two attached hydrogens (primary N) is 1. The number of hydrogen-bond donors (Lipinski definition) is 2. The highest BCUT2D eigenvalue weighted by Crippen LogP contribution is 2.26. The van der Waals surface area contributed by atoms with Crippen LogP contribution in [0, 0.1) is 5.82 Å². The highest BCUT2D eigenvalue weighted by atomic mass is 35.5. The summed E-state index contributed by atoms with van der Waals surface area (Å²) in [5, 5.41) is 3.78. The maximum atomic E-state index is 13.1. The molecule has 0 aliphatic rings. The smallest absolute Gasteiger partial charge is 0.124 e. The number of benzene rings is 1. The Balaban J connectivity index is 2.28. The normalized spacial score (nSPS) is 12.3. The van der Waals surface area contributed by atoms with Crippen LogP contribution in [0.4, 0.5) is 10.1 Å². The van der Waals surface area contributed by atoms with Gasteiger partial charge in [0.25, 0.3) is 0 Å². The van der Waals surface area contributed by atoms with E-state index in [1.54, 1.807) is 24.5 Å². The van der Waals surface area contributed by atoms with Gasteiger partial charge in [0, 0.05) is 34.7 Å². The van der Waals surface area contributed by atoms with Crippen LogP contribution < -0.4 is 11.1 Å². The molecule has 20 heavy (non-hydrogen) atoms. The molecule has 0 aliphatic carbocycles. The summed E-state index contributed by atoms with van der Waals surface area (Å²) in [6.45, 7) is 2.81. The lowest BCUT2D eigenvalue weighted by atomic mass is 9.99. The number of nitrogens with one attached hydrogen (secondary N) is 1. The van der Waals surface area contributed by atoms with Gasteiger partial charge in [0.1, 0.15) is 5.82 Å². The van der Waals surface area contributed by atoms with Crippen LogP contribution in [0.5, 0.6) is 0 Å². The van der Waals surface area contributed by atoms with Gasteiger partial charge in [-0.15, -0.1) is 0 Å². The summed E-state index contributed by atoms with van der Waals surface area (Å²) in [6, 6.07) is 6.21. The van der Waals surface area contributed by atoms with Crippen molar-refractivity contribution in [1.29, 1.82) is 0 Å². The minimum absolute atomic E-state index is 0.00309. The van der Waals surface area contributed by atoms with Crippen molar-refractivity contribution in [3.05, 3.63) is 58.6 Å². The molecular weight excluding hydrogens is 277 g/mol. The van der Waals surface area contributed by atoms with Crippen molar-refractivity contribution in [3.8, 4) is 0 Å². The lowest BCUT2D eigenvalue weighted by Crippen LogP contribution is -2.24. The number of halogens is 2. The molecular formula is C15H17ClFN3. The van der Waals surface area contributed by atoms with Gasteiger partial charge in [0.15, 0.2) is 0 Å². The van der Waals surface area contributed by atoms with Crippen molar-refractivity contribution >= 4 is 17.3 Å². The molecule has 1 unspecified atom stereocenters. The zero-order chi connectivity index (χ0) is 14.5. The van der Waals surface area contributed by atoms with Gasteiger partial charge < -0.3 is 11.1 Å². The Morgan fingerprint density at radius 3 is 2.85 bits per heavy atom. The number of anilines is 1. The molecule has 3 N–H and O–H groups in total. The zero-order valence-electron chi connectivity index (χ0n) is 11.2. The Morgan fingerprint density at radius 2 is 2.20 bits per heavy atom. The second kappa shape index (κ2) is 6.68. The van der Waals surface area contributed by atoms with Gasteiger partial charge >= 0.3 is 0 Å². The minimum atomic E-state index is -0.334. The van der Waals surface area contributed by atoms with Crippen molar-refractivity contribution in [2.75, 3.05) is 12.3 Å². The topological polar surface area (TPSA) is 50.9 Å². The molecule has 0 saturated heterocycles. The van der Waals surface area contributed by atoms with Crippen LogP contribution in [0.2, 0.25) is 5.02 Å². The van der Waals surface area contributed by atoms with E-state index in [0.717, 1.165) is 17.7 Å². The molecule has 0 aliphatic heterocycles. The number of nitrogen functional groups attached to an aromatic ring is 1. The first-order valence-electron chi connectivity index (χ1n) is 6.48. The van der Waals surface area contributed by atoms with Gasteiger partial charge in [0.05, 0.1) is 0 Å². The number of nitrogens with zero attached hydrogens (tertiary/aromatic N) is 1. The zero-order valence-corrected chi connectivity index (χ0v) is 12.0. The third kappa shape index (κ3) is 3.46. The summed E-state index contributed by atoms with van der Waals surface area (Å²) >= 11 is 6.09. The largest absolute Gasteiger partial charge is 0.398 e. The summed E-state index contributed by atoms with van der Waals surface area (Å²) in [4.78, 5) is 4.11.